The highest BCUT2D eigenvalue weighted by Crippen LogP contribution is 2.28. The van der Waals surface area contributed by atoms with Crippen molar-refractivity contribution in [3.05, 3.63) is 70.8 Å². The van der Waals surface area contributed by atoms with Crippen LogP contribution < -0.4 is 10.6 Å². The number of amides is 3. The van der Waals surface area contributed by atoms with E-state index in [0.717, 1.165) is 22.3 Å². The monoisotopic (exact) mass is 523 g/mol. The first-order chi connectivity index (χ1) is 17.8. The van der Waals surface area contributed by atoms with Crippen LogP contribution in [0.5, 0.6) is 0 Å². The molecule has 2 rings (SSSR count). The Kier molecular flexibility index (Phi) is 11.4. The van der Waals surface area contributed by atoms with Crippen molar-refractivity contribution in [1.29, 1.82) is 0 Å². The Bertz CT molecular complexity index is 1080. The lowest BCUT2D eigenvalue weighted by atomic mass is 9.95. The summed E-state index contributed by atoms with van der Waals surface area (Å²) in [6, 6.07) is 13.9. The lowest BCUT2D eigenvalue weighted by Gasteiger charge is -2.35. The predicted octanol–water partition coefficient (Wildman–Crippen LogP) is 5.84. The smallest absolute Gasteiger partial charge is 0.408 e. The molecule has 0 fully saturated rings. The van der Waals surface area contributed by atoms with E-state index < -0.39 is 23.8 Å². The first-order valence-corrected chi connectivity index (χ1v) is 13.5. The number of alkyl carbamates (subject to hydrolysis) is 1. The second-order valence-corrected chi connectivity index (χ2v) is 11.3. The van der Waals surface area contributed by atoms with E-state index in [1.54, 1.807) is 25.7 Å². The topological polar surface area (TPSA) is 87.7 Å². The molecule has 2 atom stereocenters. The zero-order valence-corrected chi connectivity index (χ0v) is 24.3. The number of ether oxygens (including phenoxy) is 1. The van der Waals surface area contributed by atoms with E-state index in [0.29, 0.717) is 25.9 Å². The van der Waals surface area contributed by atoms with E-state index in [9.17, 15) is 14.4 Å². The van der Waals surface area contributed by atoms with Crippen molar-refractivity contribution in [2.24, 2.45) is 5.92 Å². The van der Waals surface area contributed by atoms with Crippen LogP contribution in [0.15, 0.2) is 48.5 Å². The molecule has 3 amide bonds. The van der Waals surface area contributed by atoms with Gasteiger partial charge in [0, 0.05) is 13.1 Å². The van der Waals surface area contributed by atoms with Crippen LogP contribution in [0.2, 0.25) is 0 Å². The van der Waals surface area contributed by atoms with Crippen LogP contribution in [0, 0.1) is 19.8 Å². The lowest BCUT2D eigenvalue weighted by molar-refractivity contribution is -0.143. The third-order valence-corrected chi connectivity index (χ3v) is 6.04. The Hall–Kier alpha value is -3.35. The van der Waals surface area contributed by atoms with E-state index in [-0.39, 0.29) is 17.7 Å². The minimum absolute atomic E-state index is 0.133. The Morgan fingerprint density at radius 1 is 1.00 bits per heavy atom. The highest BCUT2D eigenvalue weighted by atomic mass is 16.6. The molecule has 0 saturated carbocycles. The maximum Gasteiger partial charge on any atom is 0.408 e. The van der Waals surface area contributed by atoms with E-state index in [1.165, 1.54) is 0 Å². The van der Waals surface area contributed by atoms with Gasteiger partial charge in [0.05, 0.1) is 0 Å². The number of nitrogens with zero attached hydrogens (tertiary/aromatic N) is 1. The Labute approximate surface area is 228 Å². The van der Waals surface area contributed by atoms with E-state index >= 15 is 0 Å². The number of carbonyl (C=O) groups is 3. The van der Waals surface area contributed by atoms with Crippen LogP contribution in [0.25, 0.3) is 0 Å². The molecular weight excluding hydrogens is 478 g/mol. The molecule has 0 saturated heterocycles. The van der Waals surface area contributed by atoms with Gasteiger partial charge in [-0.3, -0.25) is 9.59 Å². The molecule has 2 N–H and O–H groups in total. The third kappa shape index (κ3) is 9.51. The first kappa shape index (κ1) is 30.9. The van der Waals surface area contributed by atoms with Gasteiger partial charge < -0.3 is 20.3 Å². The van der Waals surface area contributed by atoms with Gasteiger partial charge in [-0.25, -0.2) is 4.79 Å². The molecule has 0 aliphatic carbocycles. The molecule has 0 aromatic heterocycles. The molecule has 208 valence electrons. The van der Waals surface area contributed by atoms with E-state index in [4.69, 9.17) is 4.74 Å². The van der Waals surface area contributed by atoms with Crippen molar-refractivity contribution in [1.82, 2.24) is 15.5 Å². The summed E-state index contributed by atoms with van der Waals surface area (Å²) in [5.74, 6) is -0.425. The van der Waals surface area contributed by atoms with Crippen LogP contribution in [0.4, 0.5) is 4.79 Å². The second kappa shape index (κ2) is 14.0. The van der Waals surface area contributed by atoms with Crippen LogP contribution in [-0.2, 0) is 20.9 Å². The number of aryl methyl sites for hydroxylation is 2. The van der Waals surface area contributed by atoms with Crippen molar-refractivity contribution in [2.45, 2.75) is 92.5 Å². The van der Waals surface area contributed by atoms with E-state index in [1.807, 2.05) is 83.1 Å². The largest absolute Gasteiger partial charge is 0.444 e. The molecule has 2 unspecified atom stereocenters. The fraction of sp³-hybridized carbons (Fsp3) is 0.516. The molecule has 2 aromatic carbocycles. The molecule has 0 heterocycles. The average Bonchev–Trinajstić information content (AvgIpc) is 2.82. The van der Waals surface area contributed by atoms with Gasteiger partial charge in [-0.1, -0.05) is 74.9 Å². The van der Waals surface area contributed by atoms with Gasteiger partial charge in [-0.15, -0.1) is 0 Å². The number of benzene rings is 2. The third-order valence-electron chi connectivity index (χ3n) is 6.04. The summed E-state index contributed by atoms with van der Waals surface area (Å²) in [6.45, 7) is 15.9. The Morgan fingerprint density at radius 3 is 2.24 bits per heavy atom. The SMILES string of the molecule is CCCN(C(=O)C(CC(C)C)NC(=O)OC(C)(C)C)C(C(=O)NCc1ccccc1)c1cc(C)ccc1C. The summed E-state index contributed by atoms with van der Waals surface area (Å²) in [5.41, 5.74) is 2.97. The van der Waals surface area contributed by atoms with E-state index in [2.05, 4.69) is 10.6 Å². The van der Waals surface area contributed by atoms with Gasteiger partial charge in [0.25, 0.3) is 0 Å². The molecule has 7 nitrogen and oxygen atoms in total. The van der Waals surface area contributed by atoms with Gasteiger partial charge >= 0.3 is 6.09 Å². The zero-order valence-electron chi connectivity index (χ0n) is 24.3. The fourth-order valence-electron chi connectivity index (χ4n) is 4.34. The maximum absolute atomic E-state index is 14.1. The van der Waals surface area contributed by atoms with Crippen LogP contribution in [0.1, 0.15) is 82.7 Å². The molecule has 0 aliphatic heterocycles. The Morgan fingerprint density at radius 2 is 1.66 bits per heavy atom. The summed E-state index contributed by atoms with van der Waals surface area (Å²) in [6.07, 6.45) is 0.424. The molecule has 0 spiro atoms. The minimum atomic E-state index is -0.846. The van der Waals surface area contributed by atoms with Gasteiger partial charge in [0.2, 0.25) is 11.8 Å². The number of hydrogen-bond donors (Lipinski definition) is 2. The standard InChI is InChI=1S/C31H45N3O4/c1-9-17-34(29(36)26(18-21(2)3)33-30(37)38-31(6,7)8)27(25-19-22(4)15-16-23(25)5)28(35)32-20-24-13-11-10-12-14-24/h10-16,19,21,26-27H,9,17-18,20H2,1-8H3,(H,32,35)(H,33,37). The van der Waals surface area contributed by atoms with Crippen molar-refractivity contribution in [3.63, 3.8) is 0 Å². The Balaban J connectivity index is 2.48. The molecule has 0 aliphatic rings. The second-order valence-electron chi connectivity index (χ2n) is 11.3. The van der Waals surface area contributed by atoms with Gasteiger partial charge in [-0.2, -0.15) is 0 Å². The van der Waals surface area contributed by atoms with Gasteiger partial charge in [0.15, 0.2) is 0 Å². The highest BCUT2D eigenvalue weighted by Gasteiger charge is 2.36. The summed E-state index contributed by atoms with van der Waals surface area (Å²) in [5, 5.41) is 5.83. The van der Waals surface area contributed by atoms with Crippen LogP contribution in [-0.4, -0.2) is 41.0 Å². The molecule has 0 bridgehead atoms. The van der Waals surface area contributed by atoms with Crippen LogP contribution >= 0.6 is 0 Å². The van der Waals surface area contributed by atoms with Gasteiger partial charge in [-0.05, 0) is 70.1 Å². The van der Waals surface area contributed by atoms with Crippen LogP contribution in [0.3, 0.4) is 0 Å². The zero-order chi connectivity index (χ0) is 28.5. The number of carbonyl (C=O) groups excluding carboxylic acids is 3. The van der Waals surface area contributed by atoms with Gasteiger partial charge in [0.1, 0.15) is 17.7 Å². The maximum atomic E-state index is 14.1. The summed E-state index contributed by atoms with van der Waals surface area (Å²) < 4.78 is 5.45. The minimum Gasteiger partial charge on any atom is -0.444 e. The highest BCUT2D eigenvalue weighted by molar-refractivity contribution is 5.92. The molecule has 2 aromatic rings. The molecule has 38 heavy (non-hydrogen) atoms. The molecular formula is C31H45N3O4. The van der Waals surface area contributed by atoms with Crippen molar-refractivity contribution >= 4 is 17.9 Å². The number of rotatable bonds is 11. The first-order valence-electron chi connectivity index (χ1n) is 13.5. The summed E-state index contributed by atoms with van der Waals surface area (Å²) >= 11 is 0. The number of hydrogen-bond acceptors (Lipinski definition) is 4. The molecule has 7 heteroatoms. The number of nitrogens with one attached hydrogen (secondary N) is 2. The lowest BCUT2D eigenvalue weighted by Crippen LogP contribution is -2.53. The predicted molar refractivity (Wildman–Crippen MR) is 152 cm³/mol. The van der Waals surface area contributed by atoms with Crippen molar-refractivity contribution < 1.29 is 19.1 Å². The quantitative estimate of drug-likeness (QED) is 0.387. The average molecular weight is 524 g/mol. The summed E-state index contributed by atoms with van der Waals surface area (Å²) in [4.78, 5) is 42.3. The molecule has 0 radical (unpaired) electrons. The summed E-state index contributed by atoms with van der Waals surface area (Å²) in [7, 11) is 0. The van der Waals surface area contributed by atoms with Crippen molar-refractivity contribution in [2.75, 3.05) is 6.54 Å². The van der Waals surface area contributed by atoms with Crippen molar-refractivity contribution in [3.8, 4) is 0 Å². The normalized spacial score (nSPS) is 13.0. The fourth-order valence-corrected chi connectivity index (χ4v) is 4.34.